The van der Waals surface area contributed by atoms with Gasteiger partial charge in [-0.1, -0.05) is 0 Å². The Morgan fingerprint density at radius 2 is 2.05 bits per heavy atom. The molecular weight excluding hydrogens is 268 g/mol. The molecule has 0 fully saturated rings. The van der Waals surface area contributed by atoms with Gasteiger partial charge in [-0.2, -0.15) is 0 Å². The van der Waals surface area contributed by atoms with Gasteiger partial charge >= 0.3 is 5.97 Å². The summed E-state index contributed by atoms with van der Waals surface area (Å²) in [7, 11) is 0. The molecule has 0 radical (unpaired) electrons. The summed E-state index contributed by atoms with van der Waals surface area (Å²) in [6.45, 7) is 8.23. The maximum absolute atomic E-state index is 11.7. The highest BCUT2D eigenvalue weighted by molar-refractivity contribution is 6.17. The Labute approximate surface area is 118 Å². The molecule has 0 saturated carbocycles. The number of hydrogen-bond acceptors (Lipinski definition) is 5. The van der Waals surface area contributed by atoms with Crippen molar-refractivity contribution in [1.82, 2.24) is 9.97 Å². The smallest absolute Gasteiger partial charge is 0.341 e. The van der Waals surface area contributed by atoms with Crippen LogP contribution >= 0.6 is 11.6 Å². The fourth-order valence-electron chi connectivity index (χ4n) is 1.61. The van der Waals surface area contributed by atoms with Crippen LogP contribution < -0.4 is 0 Å². The predicted octanol–water partition coefficient (Wildman–Crippen LogP) is 2.66. The van der Waals surface area contributed by atoms with Crippen molar-refractivity contribution in [2.75, 3.05) is 13.2 Å². The Morgan fingerprint density at radius 1 is 1.37 bits per heavy atom. The van der Waals surface area contributed by atoms with E-state index in [0.29, 0.717) is 30.3 Å². The van der Waals surface area contributed by atoms with Gasteiger partial charge in [0.05, 0.1) is 18.2 Å². The normalized spacial score (nSPS) is 11.4. The van der Waals surface area contributed by atoms with Crippen molar-refractivity contribution in [2.45, 2.75) is 39.2 Å². The maximum Gasteiger partial charge on any atom is 0.341 e. The molecule has 0 aliphatic rings. The molecule has 1 aromatic rings. The number of halogens is 1. The van der Waals surface area contributed by atoms with Gasteiger partial charge in [0.25, 0.3) is 0 Å². The van der Waals surface area contributed by atoms with E-state index < -0.39 is 11.6 Å². The molecular formula is C13H19ClN2O3. The van der Waals surface area contributed by atoms with E-state index in [4.69, 9.17) is 21.1 Å². The first-order valence-corrected chi connectivity index (χ1v) is 6.73. The summed E-state index contributed by atoms with van der Waals surface area (Å²) in [5, 5.41) is 0. The van der Waals surface area contributed by atoms with E-state index in [1.165, 1.54) is 6.20 Å². The zero-order chi connectivity index (χ0) is 14.5. The molecule has 0 atom stereocenters. The van der Waals surface area contributed by atoms with E-state index in [1.54, 1.807) is 6.92 Å². The number of esters is 1. The van der Waals surface area contributed by atoms with Crippen LogP contribution in [0, 0.1) is 0 Å². The molecule has 0 saturated heterocycles. The minimum absolute atomic E-state index is 0.117. The third kappa shape index (κ3) is 3.88. The lowest BCUT2D eigenvalue weighted by Crippen LogP contribution is -2.26. The Bertz CT molecular complexity index is 450. The predicted molar refractivity (Wildman–Crippen MR) is 72.2 cm³/mol. The van der Waals surface area contributed by atoms with E-state index in [0.717, 1.165) is 0 Å². The fourth-order valence-corrected chi connectivity index (χ4v) is 1.82. The van der Waals surface area contributed by atoms with Crippen LogP contribution in [0.15, 0.2) is 6.20 Å². The van der Waals surface area contributed by atoms with E-state index in [2.05, 4.69) is 9.97 Å². The number of ether oxygens (including phenoxy) is 2. The van der Waals surface area contributed by atoms with E-state index in [-0.39, 0.29) is 5.88 Å². The quantitative estimate of drug-likeness (QED) is 0.594. The maximum atomic E-state index is 11.7. The number of carbonyl (C=O) groups excluding carboxylic acids is 1. The highest BCUT2D eigenvalue weighted by atomic mass is 35.5. The molecule has 0 bridgehead atoms. The standard InChI is InChI=1S/C13H19ClN2O3/c1-5-18-11(17)9-8-15-12(16-10(9)7-14)13(3,4)19-6-2/h8H,5-7H2,1-4H3. The first-order valence-electron chi connectivity index (χ1n) is 6.19. The van der Waals surface area contributed by atoms with Crippen LogP contribution in [0.4, 0.5) is 0 Å². The van der Waals surface area contributed by atoms with Crippen molar-refractivity contribution < 1.29 is 14.3 Å². The average molecular weight is 287 g/mol. The van der Waals surface area contributed by atoms with Crippen molar-refractivity contribution in [1.29, 1.82) is 0 Å². The topological polar surface area (TPSA) is 61.3 Å². The second kappa shape index (κ2) is 6.82. The third-order valence-corrected chi connectivity index (χ3v) is 2.79. The van der Waals surface area contributed by atoms with Crippen LogP contribution in [-0.2, 0) is 21.0 Å². The van der Waals surface area contributed by atoms with Crippen LogP contribution in [0.25, 0.3) is 0 Å². The molecule has 0 amide bonds. The molecule has 5 nitrogen and oxygen atoms in total. The highest BCUT2D eigenvalue weighted by Crippen LogP contribution is 2.22. The average Bonchev–Trinajstić information content (AvgIpc) is 2.38. The summed E-state index contributed by atoms with van der Waals surface area (Å²) >= 11 is 5.84. The lowest BCUT2D eigenvalue weighted by atomic mass is 10.1. The van der Waals surface area contributed by atoms with Gasteiger partial charge in [-0.05, 0) is 27.7 Å². The van der Waals surface area contributed by atoms with Crippen LogP contribution in [0.5, 0.6) is 0 Å². The first kappa shape index (κ1) is 15.9. The molecule has 0 N–H and O–H groups in total. The molecule has 106 valence electrons. The molecule has 1 heterocycles. The number of aromatic nitrogens is 2. The number of hydrogen-bond donors (Lipinski definition) is 0. The molecule has 1 aromatic heterocycles. The Hall–Kier alpha value is -1.20. The van der Waals surface area contributed by atoms with Crippen molar-refractivity contribution in [3.63, 3.8) is 0 Å². The van der Waals surface area contributed by atoms with Crippen molar-refractivity contribution in [2.24, 2.45) is 0 Å². The highest BCUT2D eigenvalue weighted by Gasteiger charge is 2.26. The van der Waals surface area contributed by atoms with E-state index >= 15 is 0 Å². The van der Waals surface area contributed by atoms with Crippen LogP contribution in [0.2, 0.25) is 0 Å². The number of alkyl halides is 1. The lowest BCUT2D eigenvalue weighted by molar-refractivity contribution is -0.0210. The minimum Gasteiger partial charge on any atom is -0.462 e. The number of rotatable bonds is 6. The molecule has 1 rings (SSSR count). The second-order valence-corrected chi connectivity index (χ2v) is 4.62. The molecule has 0 aliphatic carbocycles. The van der Waals surface area contributed by atoms with Gasteiger partial charge in [0, 0.05) is 12.8 Å². The van der Waals surface area contributed by atoms with Crippen LogP contribution in [-0.4, -0.2) is 29.2 Å². The SMILES string of the molecule is CCOC(=O)c1cnc(C(C)(C)OCC)nc1CCl. The summed E-state index contributed by atoms with van der Waals surface area (Å²) in [5.41, 5.74) is 0.133. The van der Waals surface area contributed by atoms with Crippen molar-refractivity contribution in [3.8, 4) is 0 Å². The zero-order valence-corrected chi connectivity index (χ0v) is 12.5. The van der Waals surface area contributed by atoms with Crippen molar-refractivity contribution >= 4 is 17.6 Å². The summed E-state index contributed by atoms with van der Waals surface area (Å²) in [6, 6.07) is 0. The lowest BCUT2D eigenvalue weighted by Gasteiger charge is -2.23. The van der Waals surface area contributed by atoms with Gasteiger partial charge in [-0.25, -0.2) is 14.8 Å². The molecule has 0 unspecified atom stereocenters. The summed E-state index contributed by atoms with van der Waals surface area (Å²) < 4.78 is 10.5. The zero-order valence-electron chi connectivity index (χ0n) is 11.7. The molecule has 6 heteroatoms. The first-order chi connectivity index (χ1) is 8.96. The van der Waals surface area contributed by atoms with Gasteiger partial charge in [0.1, 0.15) is 11.2 Å². The number of carbonyl (C=O) groups is 1. The van der Waals surface area contributed by atoms with Crippen LogP contribution in [0.1, 0.15) is 49.6 Å². The van der Waals surface area contributed by atoms with Gasteiger partial charge in [-0.3, -0.25) is 0 Å². The van der Waals surface area contributed by atoms with Gasteiger partial charge in [0.15, 0.2) is 5.82 Å². The summed E-state index contributed by atoms with van der Waals surface area (Å²) in [6.07, 6.45) is 1.44. The molecule has 0 spiro atoms. The third-order valence-electron chi connectivity index (χ3n) is 2.53. The molecule has 0 aromatic carbocycles. The number of nitrogens with zero attached hydrogens (tertiary/aromatic N) is 2. The Kier molecular flexibility index (Phi) is 5.69. The van der Waals surface area contributed by atoms with Gasteiger partial charge in [-0.15, -0.1) is 11.6 Å². The Morgan fingerprint density at radius 3 is 2.58 bits per heavy atom. The van der Waals surface area contributed by atoms with Gasteiger partial charge in [0.2, 0.25) is 0 Å². The van der Waals surface area contributed by atoms with E-state index in [9.17, 15) is 4.79 Å². The van der Waals surface area contributed by atoms with E-state index in [1.807, 2.05) is 20.8 Å². The summed E-state index contributed by atoms with van der Waals surface area (Å²) in [4.78, 5) is 20.2. The van der Waals surface area contributed by atoms with Gasteiger partial charge < -0.3 is 9.47 Å². The monoisotopic (exact) mass is 286 g/mol. The van der Waals surface area contributed by atoms with Crippen LogP contribution in [0.3, 0.4) is 0 Å². The Balaban J connectivity index is 3.12. The fraction of sp³-hybridized carbons (Fsp3) is 0.615. The molecule has 0 aliphatic heterocycles. The van der Waals surface area contributed by atoms with Crippen molar-refractivity contribution in [3.05, 3.63) is 23.3 Å². The minimum atomic E-state index is -0.622. The molecule has 19 heavy (non-hydrogen) atoms. The second-order valence-electron chi connectivity index (χ2n) is 4.35. The summed E-state index contributed by atoms with van der Waals surface area (Å²) in [5.74, 6) is 0.156. The largest absolute Gasteiger partial charge is 0.462 e.